The standard InChI is InChI=1S/C16H22N2O3/c1-12-5-8-18(9-6-12)16(19)14-4-3-13(20-2)11-15(14)21-10-7-17/h3-5,11H,6-10,17H2,1-2H3. The molecule has 0 spiro atoms. The van der Waals surface area contributed by atoms with Gasteiger partial charge in [-0.15, -0.1) is 0 Å². The third-order valence-electron chi connectivity index (χ3n) is 3.52. The average Bonchev–Trinajstić information content (AvgIpc) is 2.52. The zero-order chi connectivity index (χ0) is 15.2. The molecule has 114 valence electrons. The molecule has 1 amide bonds. The van der Waals surface area contributed by atoms with Crippen LogP contribution in [0.4, 0.5) is 0 Å². The molecule has 1 aliphatic heterocycles. The van der Waals surface area contributed by atoms with E-state index in [0.29, 0.717) is 36.8 Å². The molecule has 1 heterocycles. The Hall–Kier alpha value is -2.01. The van der Waals surface area contributed by atoms with Crippen molar-refractivity contribution in [3.8, 4) is 11.5 Å². The lowest BCUT2D eigenvalue weighted by molar-refractivity contribution is 0.0764. The first-order valence-corrected chi connectivity index (χ1v) is 7.11. The van der Waals surface area contributed by atoms with Gasteiger partial charge in [-0.25, -0.2) is 0 Å². The van der Waals surface area contributed by atoms with Gasteiger partial charge in [0.15, 0.2) is 0 Å². The van der Waals surface area contributed by atoms with Crippen LogP contribution in [0.3, 0.4) is 0 Å². The highest BCUT2D eigenvalue weighted by molar-refractivity contribution is 5.97. The largest absolute Gasteiger partial charge is 0.497 e. The molecule has 5 heteroatoms. The minimum Gasteiger partial charge on any atom is -0.497 e. The van der Waals surface area contributed by atoms with Crippen LogP contribution in [0.5, 0.6) is 11.5 Å². The molecule has 21 heavy (non-hydrogen) atoms. The van der Waals surface area contributed by atoms with Crippen molar-refractivity contribution in [3.05, 3.63) is 35.4 Å². The molecule has 2 N–H and O–H groups in total. The summed E-state index contributed by atoms with van der Waals surface area (Å²) in [7, 11) is 1.59. The van der Waals surface area contributed by atoms with Gasteiger partial charge in [-0.3, -0.25) is 4.79 Å². The summed E-state index contributed by atoms with van der Waals surface area (Å²) in [5, 5.41) is 0. The Labute approximate surface area is 125 Å². The highest BCUT2D eigenvalue weighted by Crippen LogP contribution is 2.27. The van der Waals surface area contributed by atoms with Crippen molar-refractivity contribution in [2.45, 2.75) is 13.3 Å². The molecular formula is C16H22N2O3. The van der Waals surface area contributed by atoms with E-state index in [1.54, 1.807) is 25.3 Å². The molecule has 0 fully saturated rings. The number of hydrogen-bond acceptors (Lipinski definition) is 4. The van der Waals surface area contributed by atoms with E-state index in [-0.39, 0.29) is 5.91 Å². The molecule has 1 aromatic carbocycles. The Kier molecular flexibility index (Phi) is 5.22. The number of carbonyl (C=O) groups excluding carboxylic acids is 1. The zero-order valence-electron chi connectivity index (χ0n) is 12.6. The molecule has 0 saturated carbocycles. The van der Waals surface area contributed by atoms with Gasteiger partial charge in [0.25, 0.3) is 5.91 Å². The predicted molar refractivity (Wildman–Crippen MR) is 81.8 cm³/mol. The van der Waals surface area contributed by atoms with Crippen LogP contribution in [0.1, 0.15) is 23.7 Å². The number of nitrogens with zero attached hydrogens (tertiary/aromatic N) is 1. The van der Waals surface area contributed by atoms with E-state index in [4.69, 9.17) is 15.2 Å². The van der Waals surface area contributed by atoms with Gasteiger partial charge in [-0.2, -0.15) is 0 Å². The van der Waals surface area contributed by atoms with Crippen molar-refractivity contribution < 1.29 is 14.3 Å². The lowest BCUT2D eigenvalue weighted by atomic mass is 10.1. The summed E-state index contributed by atoms with van der Waals surface area (Å²) in [5.74, 6) is 1.16. The van der Waals surface area contributed by atoms with E-state index in [1.807, 2.05) is 4.90 Å². The van der Waals surface area contributed by atoms with Gasteiger partial charge < -0.3 is 20.1 Å². The van der Waals surface area contributed by atoms with Crippen LogP contribution in [0.15, 0.2) is 29.8 Å². The van der Waals surface area contributed by atoms with Crippen molar-refractivity contribution >= 4 is 5.91 Å². The fraction of sp³-hybridized carbons (Fsp3) is 0.438. The van der Waals surface area contributed by atoms with Gasteiger partial charge in [0, 0.05) is 25.7 Å². The molecule has 0 bridgehead atoms. The van der Waals surface area contributed by atoms with Crippen molar-refractivity contribution in [1.29, 1.82) is 0 Å². The number of ether oxygens (including phenoxy) is 2. The SMILES string of the molecule is COc1ccc(C(=O)N2CC=C(C)CC2)c(OCCN)c1. The molecule has 2 rings (SSSR count). The number of methoxy groups -OCH3 is 1. The molecule has 0 aromatic heterocycles. The lowest BCUT2D eigenvalue weighted by Crippen LogP contribution is -2.35. The van der Waals surface area contributed by atoms with E-state index < -0.39 is 0 Å². The summed E-state index contributed by atoms with van der Waals surface area (Å²) < 4.78 is 10.8. The molecule has 0 aliphatic carbocycles. The Balaban J connectivity index is 2.22. The van der Waals surface area contributed by atoms with E-state index >= 15 is 0 Å². The molecule has 1 aliphatic rings. The number of amides is 1. The Morgan fingerprint density at radius 2 is 2.24 bits per heavy atom. The quantitative estimate of drug-likeness (QED) is 0.840. The first kappa shape index (κ1) is 15.4. The average molecular weight is 290 g/mol. The summed E-state index contributed by atoms with van der Waals surface area (Å²) in [4.78, 5) is 14.5. The van der Waals surface area contributed by atoms with Crippen LogP contribution < -0.4 is 15.2 Å². The van der Waals surface area contributed by atoms with Crippen LogP contribution in [0.2, 0.25) is 0 Å². The van der Waals surface area contributed by atoms with Gasteiger partial charge in [-0.05, 0) is 25.5 Å². The van der Waals surface area contributed by atoms with E-state index in [2.05, 4.69) is 13.0 Å². The fourth-order valence-electron chi connectivity index (χ4n) is 2.22. The lowest BCUT2D eigenvalue weighted by Gasteiger charge is -2.26. The summed E-state index contributed by atoms with van der Waals surface area (Å²) in [6.45, 7) is 4.24. The third kappa shape index (κ3) is 3.76. The third-order valence-corrected chi connectivity index (χ3v) is 3.52. The van der Waals surface area contributed by atoms with E-state index in [9.17, 15) is 4.79 Å². The van der Waals surface area contributed by atoms with Crippen LogP contribution in [-0.4, -0.2) is 44.2 Å². The summed E-state index contributed by atoms with van der Waals surface area (Å²) >= 11 is 0. The number of benzene rings is 1. The molecular weight excluding hydrogens is 268 g/mol. The summed E-state index contributed by atoms with van der Waals surface area (Å²) in [6, 6.07) is 5.25. The molecule has 0 saturated heterocycles. The monoisotopic (exact) mass is 290 g/mol. The van der Waals surface area contributed by atoms with Crippen LogP contribution in [0.25, 0.3) is 0 Å². The molecule has 0 radical (unpaired) electrons. The molecule has 1 aromatic rings. The highest BCUT2D eigenvalue weighted by Gasteiger charge is 2.21. The Morgan fingerprint density at radius 3 is 2.86 bits per heavy atom. The maximum atomic E-state index is 12.6. The van der Waals surface area contributed by atoms with E-state index in [0.717, 1.165) is 13.0 Å². The van der Waals surface area contributed by atoms with Crippen molar-refractivity contribution in [2.75, 3.05) is 33.4 Å². The first-order valence-electron chi connectivity index (χ1n) is 7.11. The van der Waals surface area contributed by atoms with Gasteiger partial charge >= 0.3 is 0 Å². The second kappa shape index (κ2) is 7.13. The van der Waals surface area contributed by atoms with Crippen LogP contribution >= 0.6 is 0 Å². The highest BCUT2D eigenvalue weighted by atomic mass is 16.5. The second-order valence-corrected chi connectivity index (χ2v) is 5.05. The smallest absolute Gasteiger partial charge is 0.257 e. The van der Waals surface area contributed by atoms with Crippen molar-refractivity contribution in [1.82, 2.24) is 4.90 Å². The van der Waals surface area contributed by atoms with Crippen LogP contribution in [0, 0.1) is 0 Å². The summed E-state index contributed by atoms with van der Waals surface area (Å²) in [6.07, 6.45) is 3.01. The molecule has 5 nitrogen and oxygen atoms in total. The maximum absolute atomic E-state index is 12.6. The van der Waals surface area contributed by atoms with Gasteiger partial charge in [0.2, 0.25) is 0 Å². The van der Waals surface area contributed by atoms with Crippen molar-refractivity contribution in [3.63, 3.8) is 0 Å². The number of carbonyl (C=O) groups is 1. The number of hydrogen-bond donors (Lipinski definition) is 1. The van der Waals surface area contributed by atoms with Crippen LogP contribution in [-0.2, 0) is 0 Å². The Morgan fingerprint density at radius 1 is 1.43 bits per heavy atom. The minimum atomic E-state index is -0.0200. The zero-order valence-corrected chi connectivity index (χ0v) is 12.6. The number of rotatable bonds is 5. The van der Waals surface area contributed by atoms with Gasteiger partial charge in [0.05, 0.1) is 12.7 Å². The van der Waals surface area contributed by atoms with Gasteiger partial charge in [0.1, 0.15) is 18.1 Å². The van der Waals surface area contributed by atoms with Crippen molar-refractivity contribution in [2.24, 2.45) is 5.73 Å². The van der Waals surface area contributed by atoms with E-state index in [1.165, 1.54) is 5.57 Å². The first-order chi connectivity index (χ1) is 10.2. The predicted octanol–water partition coefficient (Wildman–Crippen LogP) is 1.82. The number of nitrogens with two attached hydrogens (primary N) is 1. The summed E-state index contributed by atoms with van der Waals surface area (Å²) in [5.41, 5.74) is 7.35. The molecule has 0 atom stereocenters. The molecule has 0 unspecified atom stereocenters. The van der Waals surface area contributed by atoms with Gasteiger partial charge in [-0.1, -0.05) is 11.6 Å². The Bertz CT molecular complexity index is 540. The topological polar surface area (TPSA) is 64.8 Å². The minimum absolute atomic E-state index is 0.0200. The normalized spacial score (nSPS) is 14.6. The fourth-order valence-corrected chi connectivity index (χ4v) is 2.22. The maximum Gasteiger partial charge on any atom is 0.257 e. The second-order valence-electron chi connectivity index (χ2n) is 5.05.